The van der Waals surface area contributed by atoms with Crippen LogP contribution in [0.25, 0.3) is 10.9 Å². The number of para-hydroxylation sites is 1. The van der Waals surface area contributed by atoms with Crippen molar-refractivity contribution in [3.8, 4) is 0 Å². The number of rotatable bonds is 2. The Hall–Kier alpha value is -2.41. The zero-order chi connectivity index (χ0) is 16.6. The predicted molar refractivity (Wildman–Crippen MR) is 82.6 cm³/mol. The number of nitrogens with one attached hydrogen (secondary N) is 2. The van der Waals surface area contributed by atoms with E-state index in [0.29, 0.717) is 23.1 Å². The molecule has 1 aromatic carbocycles. The van der Waals surface area contributed by atoms with Crippen molar-refractivity contribution in [1.82, 2.24) is 15.2 Å². The van der Waals surface area contributed by atoms with Gasteiger partial charge in [-0.15, -0.1) is 0 Å². The average molecular weight is 319 g/mol. The van der Waals surface area contributed by atoms with E-state index >= 15 is 0 Å². The van der Waals surface area contributed by atoms with E-state index < -0.39 is 11.4 Å². The number of aromatic amines is 1. The van der Waals surface area contributed by atoms with Gasteiger partial charge in [0.2, 0.25) is 0 Å². The summed E-state index contributed by atoms with van der Waals surface area (Å²) >= 11 is 0. The Kier molecular flexibility index (Phi) is 3.81. The second-order valence-corrected chi connectivity index (χ2v) is 5.77. The Morgan fingerprint density at radius 2 is 2.22 bits per heavy atom. The number of benzene rings is 1. The molecule has 1 aliphatic rings. The lowest BCUT2D eigenvalue weighted by Gasteiger charge is -2.38. The van der Waals surface area contributed by atoms with Crippen molar-refractivity contribution in [3.63, 3.8) is 0 Å². The van der Waals surface area contributed by atoms with Gasteiger partial charge >= 0.3 is 0 Å². The molecule has 1 unspecified atom stereocenters. The van der Waals surface area contributed by atoms with Crippen molar-refractivity contribution in [2.45, 2.75) is 12.5 Å². The first-order chi connectivity index (χ1) is 10.9. The molecule has 23 heavy (non-hydrogen) atoms. The minimum atomic E-state index is -1.08. The molecule has 0 aliphatic carbocycles. The number of fused-ring (bicyclic) bond motifs is 1. The number of carbonyl (C=O) groups excluding carboxylic acids is 2. The first kappa shape index (κ1) is 15.5. The molecule has 0 bridgehead atoms. The standard InChI is InChI=1S/C16H18FN3O3/c1-16(15(22)18-2)9-20(6-7-23-16)14(21)12-8-10-4-3-5-11(17)13(10)19-12/h3-5,8,19H,6-7,9H2,1-2H3,(H,18,22). The van der Waals surface area contributed by atoms with E-state index in [-0.39, 0.29) is 25.0 Å². The largest absolute Gasteiger partial charge is 0.362 e. The molecule has 0 radical (unpaired) electrons. The molecule has 0 spiro atoms. The van der Waals surface area contributed by atoms with Crippen LogP contribution in [0.5, 0.6) is 0 Å². The van der Waals surface area contributed by atoms with Crippen molar-refractivity contribution in [2.24, 2.45) is 0 Å². The smallest absolute Gasteiger partial charge is 0.270 e. The van der Waals surface area contributed by atoms with Gasteiger partial charge in [-0.1, -0.05) is 12.1 Å². The summed E-state index contributed by atoms with van der Waals surface area (Å²) in [6, 6.07) is 6.29. The Morgan fingerprint density at radius 1 is 1.43 bits per heavy atom. The fourth-order valence-corrected chi connectivity index (χ4v) is 2.85. The molecule has 1 saturated heterocycles. The number of carbonyl (C=O) groups is 2. The summed E-state index contributed by atoms with van der Waals surface area (Å²) in [5.74, 6) is -0.963. The second kappa shape index (κ2) is 5.66. The average Bonchev–Trinajstić information content (AvgIpc) is 2.99. The molecular formula is C16H18FN3O3. The van der Waals surface area contributed by atoms with Gasteiger partial charge in [-0.25, -0.2) is 4.39 Å². The fraction of sp³-hybridized carbons (Fsp3) is 0.375. The summed E-state index contributed by atoms with van der Waals surface area (Å²) in [5, 5.41) is 3.18. The third-order valence-electron chi connectivity index (χ3n) is 4.10. The van der Waals surface area contributed by atoms with E-state index in [9.17, 15) is 14.0 Å². The van der Waals surface area contributed by atoms with Crippen LogP contribution in [0.15, 0.2) is 24.3 Å². The summed E-state index contributed by atoms with van der Waals surface area (Å²) in [5.41, 5.74) is -0.482. The van der Waals surface area contributed by atoms with Crippen molar-refractivity contribution >= 4 is 22.7 Å². The number of morpholine rings is 1. The first-order valence-electron chi connectivity index (χ1n) is 7.37. The van der Waals surface area contributed by atoms with Crippen LogP contribution in [0.3, 0.4) is 0 Å². The van der Waals surface area contributed by atoms with Gasteiger partial charge in [-0.2, -0.15) is 0 Å². The van der Waals surface area contributed by atoms with Gasteiger partial charge in [0.1, 0.15) is 11.5 Å². The molecule has 6 nitrogen and oxygen atoms in total. The van der Waals surface area contributed by atoms with Crippen LogP contribution in [0, 0.1) is 5.82 Å². The number of hydrogen-bond acceptors (Lipinski definition) is 3. The van der Waals surface area contributed by atoms with Gasteiger partial charge in [0.15, 0.2) is 5.60 Å². The van der Waals surface area contributed by atoms with Crippen molar-refractivity contribution in [1.29, 1.82) is 0 Å². The fourth-order valence-electron chi connectivity index (χ4n) is 2.85. The number of likely N-dealkylation sites (N-methyl/N-ethyl adjacent to an activating group) is 1. The number of hydrogen-bond donors (Lipinski definition) is 2. The minimum absolute atomic E-state index is 0.142. The Bertz CT molecular complexity index is 773. The van der Waals surface area contributed by atoms with Crippen LogP contribution in [-0.4, -0.2) is 54.0 Å². The number of ether oxygens (including phenoxy) is 1. The third kappa shape index (κ3) is 2.68. The van der Waals surface area contributed by atoms with Gasteiger partial charge in [0.25, 0.3) is 11.8 Å². The Balaban J connectivity index is 1.87. The quantitative estimate of drug-likeness (QED) is 0.876. The van der Waals surface area contributed by atoms with Crippen molar-refractivity contribution < 1.29 is 18.7 Å². The number of H-pyrrole nitrogens is 1. The third-order valence-corrected chi connectivity index (χ3v) is 4.10. The molecular weight excluding hydrogens is 301 g/mol. The number of amides is 2. The molecule has 2 N–H and O–H groups in total. The van der Waals surface area contributed by atoms with Gasteiger partial charge in [-0.3, -0.25) is 9.59 Å². The Labute approximate surface area is 132 Å². The highest BCUT2D eigenvalue weighted by Gasteiger charge is 2.40. The molecule has 2 aromatic rings. The van der Waals surface area contributed by atoms with E-state index in [2.05, 4.69) is 10.3 Å². The highest BCUT2D eigenvalue weighted by Crippen LogP contribution is 2.22. The summed E-state index contributed by atoms with van der Waals surface area (Å²) in [6.07, 6.45) is 0. The molecule has 2 amide bonds. The van der Waals surface area contributed by atoms with Crippen LogP contribution >= 0.6 is 0 Å². The topological polar surface area (TPSA) is 74.4 Å². The highest BCUT2D eigenvalue weighted by molar-refractivity contribution is 5.98. The maximum absolute atomic E-state index is 13.8. The first-order valence-corrected chi connectivity index (χ1v) is 7.37. The molecule has 122 valence electrons. The van der Waals surface area contributed by atoms with Crippen molar-refractivity contribution in [3.05, 3.63) is 35.8 Å². The molecule has 7 heteroatoms. The van der Waals surface area contributed by atoms with Crippen LogP contribution in [-0.2, 0) is 9.53 Å². The lowest BCUT2D eigenvalue weighted by molar-refractivity contribution is -0.153. The van der Waals surface area contributed by atoms with E-state index in [0.717, 1.165) is 0 Å². The van der Waals surface area contributed by atoms with Gasteiger partial charge in [0, 0.05) is 19.0 Å². The number of nitrogens with zero attached hydrogens (tertiary/aromatic N) is 1. The molecule has 1 aromatic heterocycles. The summed E-state index contributed by atoms with van der Waals surface area (Å²) < 4.78 is 19.3. The van der Waals surface area contributed by atoms with Gasteiger partial charge in [-0.05, 0) is 19.1 Å². The monoisotopic (exact) mass is 319 g/mol. The molecule has 1 fully saturated rings. The van der Waals surface area contributed by atoms with E-state index in [1.165, 1.54) is 13.1 Å². The van der Waals surface area contributed by atoms with E-state index in [1.807, 2.05) is 0 Å². The van der Waals surface area contributed by atoms with Crippen LogP contribution in [0.2, 0.25) is 0 Å². The molecule has 2 heterocycles. The maximum atomic E-state index is 13.8. The van der Waals surface area contributed by atoms with E-state index in [1.54, 1.807) is 30.0 Å². The number of halogens is 1. The molecule has 1 atom stereocenters. The van der Waals surface area contributed by atoms with E-state index in [4.69, 9.17) is 4.74 Å². The van der Waals surface area contributed by atoms with Crippen LogP contribution in [0.4, 0.5) is 4.39 Å². The predicted octanol–water partition coefficient (Wildman–Crippen LogP) is 1.28. The summed E-state index contributed by atoms with van der Waals surface area (Å²) in [4.78, 5) is 29.0. The van der Waals surface area contributed by atoms with Gasteiger partial charge in [0.05, 0.1) is 18.7 Å². The van der Waals surface area contributed by atoms with Crippen LogP contribution in [0.1, 0.15) is 17.4 Å². The van der Waals surface area contributed by atoms with Gasteiger partial charge < -0.3 is 19.9 Å². The normalized spacial score (nSPS) is 21.4. The number of aromatic nitrogens is 1. The summed E-state index contributed by atoms with van der Waals surface area (Å²) in [6.45, 7) is 2.44. The SMILES string of the molecule is CNC(=O)C1(C)CN(C(=O)c2cc3cccc(F)c3[nH]2)CCO1. The molecule has 1 aliphatic heterocycles. The second-order valence-electron chi connectivity index (χ2n) is 5.77. The van der Waals surface area contributed by atoms with Crippen molar-refractivity contribution in [2.75, 3.05) is 26.7 Å². The zero-order valence-corrected chi connectivity index (χ0v) is 13.0. The van der Waals surface area contributed by atoms with Crippen LogP contribution < -0.4 is 5.32 Å². The molecule has 0 saturated carbocycles. The molecule has 3 rings (SSSR count). The lowest BCUT2D eigenvalue weighted by atomic mass is 10.0. The summed E-state index contributed by atoms with van der Waals surface area (Å²) in [7, 11) is 1.53. The zero-order valence-electron chi connectivity index (χ0n) is 13.0. The lowest BCUT2D eigenvalue weighted by Crippen LogP contribution is -2.58. The highest BCUT2D eigenvalue weighted by atomic mass is 19.1. The maximum Gasteiger partial charge on any atom is 0.270 e. The minimum Gasteiger partial charge on any atom is -0.362 e. The Morgan fingerprint density at radius 3 is 2.91 bits per heavy atom.